The summed E-state index contributed by atoms with van der Waals surface area (Å²) in [7, 11) is -0.811. The molecule has 0 bridgehead atoms. The number of carbonyl (C=O) groups excluding carboxylic acids is 1. The van der Waals surface area contributed by atoms with Gasteiger partial charge in [-0.3, -0.25) is 4.79 Å². The van der Waals surface area contributed by atoms with Gasteiger partial charge in [0.05, 0.1) is 24.9 Å². The van der Waals surface area contributed by atoms with Crippen LogP contribution >= 0.6 is 0 Å². The highest BCUT2D eigenvalue weighted by Gasteiger charge is 2.32. The highest BCUT2D eigenvalue weighted by atomic mass is 32.2. The second-order valence-corrected chi connectivity index (χ2v) is 7.49. The van der Waals surface area contributed by atoms with Crippen LogP contribution in [0.4, 0.5) is 0 Å². The summed E-state index contributed by atoms with van der Waals surface area (Å²) in [6.45, 7) is 0. The summed E-state index contributed by atoms with van der Waals surface area (Å²) in [5, 5.41) is 9.95. The fourth-order valence-electron chi connectivity index (χ4n) is 2.75. The van der Waals surface area contributed by atoms with Crippen LogP contribution in [0.3, 0.4) is 0 Å². The molecule has 0 fully saturated rings. The monoisotopic (exact) mass is 360 g/mol. The first-order valence-corrected chi connectivity index (χ1v) is 9.04. The Bertz CT molecular complexity index is 963. The molecule has 1 heterocycles. The van der Waals surface area contributed by atoms with Crippen molar-refractivity contribution in [2.75, 3.05) is 20.0 Å². The third-order valence-electron chi connectivity index (χ3n) is 3.95. The van der Waals surface area contributed by atoms with E-state index in [4.69, 9.17) is 9.47 Å². The second kappa shape index (κ2) is 6.25. The third kappa shape index (κ3) is 2.98. The summed E-state index contributed by atoms with van der Waals surface area (Å²) in [6.07, 6.45) is 1.47. The van der Waals surface area contributed by atoms with Crippen molar-refractivity contribution in [1.29, 1.82) is 0 Å². The number of benzene rings is 2. The molecule has 0 aliphatic carbocycles. The van der Waals surface area contributed by atoms with Gasteiger partial charge in [0.25, 0.3) is 0 Å². The van der Waals surface area contributed by atoms with Gasteiger partial charge in [0.1, 0.15) is 0 Å². The molecule has 0 aromatic heterocycles. The third-order valence-corrected chi connectivity index (χ3v) is 5.66. The molecule has 2 aromatic rings. The van der Waals surface area contributed by atoms with Gasteiger partial charge in [0.2, 0.25) is 5.75 Å². The minimum atomic E-state index is -3.58. The van der Waals surface area contributed by atoms with Gasteiger partial charge in [0.15, 0.2) is 27.1 Å². The van der Waals surface area contributed by atoms with Gasteiger partial charge in [0, 0.05) is 11.1 Å². The molecule has 25 heavy (non-hydrogen) atoms. The molecular weight excluding hydrogens is 344 g/mol. The van der Waals surface area contributed by atoms with Crippen LogP contribution < -0.4 is 9.47 Å². The van der Waals surface area contributed by atoms with Crippen molar-refractivity contribution in [1.82, 2.24) is 0 Å². The smallest absolute Gasteiger partial charge is 0.200 e. The van der Waals surface area contributed by atoms with Crippen molar-refractivity contribution in [3.63, 3.8) is 0 Å². The average molecular weight is 360 g/mol. The van der Waals surface area contributed by atoms with E-state index in [2.05, 4.69) is 0 Å². The molecule has 1 aliphatic heterocycles. The molecule has 0 spiro atoms. The van der Waals surface area contributed by atoms with Crippen LogP contribution in [-0.2, 0) is 9.84 Å². The fourth-order valence-corrected chi connectivity index (χ4v) is 4.31. The molecule has 0 radical (unpaired) electrons. The number of phenolic OH excluding ortho intramolecular Hbond substituents is 1. The lowest BCUT2D eigenvalue weighted by molar-refractivity contribution is 0.103. The lowest BCUT2D eigenvalue weighted by Gasteiger charge is -2.18. The van der Waals surface area contributed by atoms with Gasteiger partial charge >= 0.3 is 0 Å². The van der Waals surface area contributed by atoms with E-state index in [1.807, 2.05) is 0 Å². The number of sulfone groups is 1. The number of methoxy groups -OCH3 is 2. The van der Waals surface area contributed by atoms with Crippen molar-refractivity contribution in [2.24, 2.45) is 0 Å². The minimum Gasteiger partial charge on any atom is -0.502 e. The number of Topliss-reactive ketones (excluding diaryl/α,β-unsaturated/α-hetero) is 1. The molecule has 0 amide bonds. The van der Waals surface area contributed by atoms with Crippen LogP contribution in [0.5, 0.6) is 17.2 Å². The van der Waals surface area contributed by atoms with Crippen molar-refractivity contribution in [2.45, 2.75) is 4.90 Å². The summed E-state index contributed by atoms with van der Waals surface area (Å²) < 4.78 is 35.0. The maximum atomic E-state index is 12.6. The highest BCUT2D eigenvalue weighted by Crippen LogP contribution is 2.38. The van der Waals surface area contributed by atoms with Gasteiger partial charge in [-0.15, -0.1) is 0 Å². The normalized spacial score (nSPS) is 17.2. The van der Waals surface area contributed by atoms with Crippen molar-refractivity contribution >= 4 is 21.7 Å². The van der Waals surface area contributed by atoms with Gasteiger partial charge in [-0.1, -0.05) is 12.1 Å². The first-order chi connectivity index (χ1) is 11.9. The van der Waals surface area contributed by atoms with E-state index in [9.17, 15) is 18.3 Å². The molecule has 130 valence electrons. The largest absolute Gasteiger partial charge is 0.502 e. The number of rotatable bonds is 3. The van der Waals surface area contributed by atoms with Crippen LogP contribution in [-0.4, -0.2) is 39.3 Å². The summed E-state index contributed by atoms with van der Waals surface area (Å²) in [5.74, 6) is -0.555. The quantitative estimate of drug-likeness (QED) is 0.846. The molecule has 0 unspecified atom stereocenters. The summed E-state index contributed by atoms with van der Waals surface area (Å²) >= 11 is 0. The zero-order chi connectivity index (χ0) is 18.2. The second-order valence-electron chi connectivity index (χ2n) is 5.53. The molecule has 1 N–H and O–H groups in total. The Morgan fingerprint density at radius 3 is 2.28 bits per heavy atom. The van der Waals surface area contributed by atoms with Gasteiger partial charge in [-0.25, -0.2) is 8.42 Å². The fraction of sp³-hybridized carbons (Fsp3) is 0.167. The zero-order valence-electron chi connectivity index (χ0n) is 13.6. The maximum absolute atomic E-state index is 12.6. The molecule has 0 saturated carbocycles. The summed E-state index contributed by atoms with van der Waals surface area (Å²) in [4.78, 5) is 12.7. The highest BCUT2D eigenvalue weighted by molar-refractivity contribution is 7.91. The summed E-state index contributed by atoms with van der Waals surface area (Å²) in [5.41, 5.74) is 0.802. The van der Waals surface area contributed by atoms with E-state index >= 15 is 0 Å². The Labute approximate surface area is 145 Å². The lowest BCUT2D eigenvalue weighted by atomic mass is 10.0. The number of phenols is 1. The number of fused-ring (bicyclic) bond motifs is 1. The molecule has 1 aliphatic rings. The summed E-state index contributed by atoms with van der Waals surface area (Å²) in [6, 6.07) is 9.17. The first kappa shape index (κ1) is 17.0. The van der Waals surface area contributed by atoms with Crippen molar-refractivity contribution in [3.05, 3.63) is 53.1 Å². The molecular formula is C18H16O6S. The van der Waals surface area contributed by atoms with Crippen LogP contribution in [0, 0.1) is 0 Å². The lowest BCUT2D eigenvalue weighted by Crippen LogP contribution is -2.24. The Kier molecular flexibility index (Phi) is 4.26. The minimum absolute atomic E-state index is 0.0537. The number of carbonyl (C=O) groups is 1. The molecule has 6 nitrogen and oxygen atoms in total. The van der Waals surface area contributed by atoms with Crippen molar-refractivity contribution < 1.29 is 27.8 Å². The predicted octanol–water partition coefficient (Wildman–Crippen LogP) is 2.46. The number of aromatic hydroxyl groups is 1. The van der Waals surface area contributed by atoms with Crippen LogP contribution in [0.25, 0.3) is 6.08 Å². The van der Waals surface area contributed by atoms with Crippen LogP contribution in [0.15, 0.2) is 46.9 Å². The molecule has 7 heteroatoms. The number of hydrogen-bond donors (Lipinski definition) is 1. The SMILES string of the molecule is COc1cc(C=C2CS(=O)(=O)c3ccccc3C2=O)cc(OC)c1O. The standard InChI is InChI=1S/C18H16O6S/c1-23-14-8-11(9-15(24-2)18(14)20)7-12-10-25(21,22)16-6-4-3-5-13(16)17(12)19/h3-9,20H,10H2,1-2H3. The molecule has 3 rings (SSSR count). The zero-order valence-corrected chi connectivity index (χ0v) is 14.5. The predicted molar refractivity (Wildman–Crippen MR) is 92.0 cm³/mol. The van der Waals surface area contributed by atoms with E-state index in [1.165, 1.54) is 44.6 Å². The molecule has 2 aromatic carbocycles. The number of ether oxygens (including phenoxy) is 2. The number of ketones is 1. The van der Waals surface area contributed by atoms with Crippen LogP contribution in [0.2, 0.25) is 0 Å². The van der Waals surface area contributed by atoms with Gasteiger partial charge in [-0.05, 0) is 35.9 Å². The first-order valence-electron chi connectivity index (χ1n) is 7.39. The van der Waals surface area contributed by atoms with Gasteiger partial charge < -0.3 is 14.6 Å². The Morgan fingerprint density at radius 1 is 1.08 bits per heavy atom. The molecule has 0 atom stereocenters. The topological polar surface area (TPSA) is 89.9 Å². The van der Waals surface area contributed by atoms with Crippen molar-refractivity contribution in [3.8, 4) is 17.2 Å². The van der Waals surface area contributed by atoms with E-state index < -0.39 is 9.84 Å². The average Bonchev–Trinajstić information content (AvgIpc) is 2.60. The number of hydrogen-bond acceptors (Lipinski definition) is 6. The molecule has 0 saturated heterocycles. The maximum Gasteiger partial charge on any atom is 0.200 e. The van der Waals surface area contributed by atoms with E-state index in [1.54, 1.807) is 12.1 Å². The van der Waals surface area contributed by atoms with Crippen LogP contribution in [0.1, 0.15) is 15.9 Å². The van der Waals surface area contributed by atoms with E-state index in [0.29, 0.717) is 5.56 Å². The Morgan fingerprint density at radius 2 is 1.68 bits per heavy atom. The van der Waals surface area contributed by atoms with E-state index in [0.717, 1.165) is 0 Å². The van der Waals surface area contributed by atoms with E-state index in [-0.39, 0.29) is 44.8 Å². The van der Waals surface area contributed by atoms with Gasteiger partial charge in [-0.2, -0.15) is 0 Å². The Hall–Kier alpha value is -2.80. The Balaban J connectivity index is 2.13.